The van der Waals surface area contributed by atoms with Crippen LogP contribution >= 0.6 is 0 Å². The first kappa shape index (κ1) is 9.97. The second-order valence-corrected chi connectivity index (χ2v) is 3.86. The Morgan fingerprint density at radius 1 is 1.27 bits per heavy atom. The molecule has 0 aliphatic heterocycles. The fourth-order valence-corrected chi connectivity index (χ4v) is 1.81. The molecular formula is C13H15NO. The van der Waals surface area contributed by atoms with Crippen molar-refractivity contribution in [3.05, 3.63) is 46.8 Å². The second kappa shape index (κ2) is 3.89. The lowest BCUT2D eigenvalue weighted by molar-refractivity contribution is 0.544. The van der Waals surface area contributed by atoms with Gasteiger partial charge in [0.2, 0.25) is 0 Å². The van der Waals surface area contributed by atoms with Crippen LogP contribution in [0.2, 0.25) is 0 Å². The van der Waals surface area contributed by atoms with Gasteiger partial charge in [0.25, 0.3) is 0 Å². The Bertz CT molecular complexity index is 527. The molecule has 0 amide bonds. The molecule has 0 saturated heterocycles. The molecule has 78 valence electrons. The number of fused-ring (bicyclic) bond motifs is 1. The van der Waals surface area contributed by atoms with E-state index in [1.165, 1.54) is 0 Å². The van der Waals surface area contributed by atoms with E-state index in [0.29, 0.717) is 6.04 Å². The van der Waals surface area contributed by atoms with E-state index in [4.69, 9.17) is 0 Å². The predicted octanol–water partition coefficient (Wildman–Crippen LogP) is 2.97. The van der Waals surface area contributed by atoms with E-state index in [1.807, 2.05) is 30.5 Å². The zero-order valence-electron chi connectivity index (χ0n) is 9.10. The first-order valence-corrected chi connectivity index (χ1v) is 5.34. The average molecular weight is 201 g/mol. The van der Waals surface area contributed by atoms with Crippen molar-refractivity contribution in [2.45, 2.75) is 26.3 Å². The van der Waals surface area contributed by atoms with Crippen LogP contribution in [0.5, 0.6) is 0 Å². The van der Waals surface area contributed by atoms with Crippen molar-refractivity contribution in [1.29, 1.82) is 0 Å². The van der Waals surface area contributed by atoms with Crippen molar-refractivity contribution in [2.24, 2.45) is 0 Å². The normalized spacial score (nSPS) is 12.9. The van der Waals surface area contributed by atoms with Crippen molar-refractivity contribution >= 4 is 10.9 Å². The molecule has 1 unspecified atom stereocenters. The molecule has 0 N–H and O–H groups in total. The van der Waals surface area contributed by atoms with Crippen LogP contribution in [0, 0.1) is 0 Å². The number of hydrogen-bond acceptors (Lipinski definition) is 1. The number of pyridine rings is 1. The van der Waals surface area contributed by atoms with Crippen molar-refractivity contribution in [3.8, 4) is 0 Å². The fourth-order valence-electron chi connectivity index (χ4n) is 1.81. The van der Waals surface area contributed by atoms with Gasteiger partial charge in [-0.15, -0.1) is 0 Å². The Hall–Kier alpha value is -1.57. The summed E-state index contributed by atoms with van der Waals surface area (Å²) in [7, 11) is 0. The molecule has 1 aromatic heterocycles. The van der Waals surface area contributed by atoms with Crippen LogP contribution < -0.4 is 5.43 Å². The van der Waals surface area contributed by atoms with Gasteiger partial charge in [0.05, 0.1) is 5.52 Å². The number of para-hydroxylation sites is 1. The minimum atomic E-state index is 0.102. The number of aromatic nitrogens is 1. The molecule has 2 aromatic rings. The van der Waals surface area contributed by atoms with Crippen molar-refractivity contribution in [1.82, 2.24) is 4.57 Å². The molecule has 0 aliphatic rings. The van der Waals surface area contributed by atoms with Gasteiger partial charge < -0.3 is 4.57 Å². The van der Waals surface area contributed by atoms with Gasteiger partial charge >= 0.3 is 0 Å². The lowest BCUT2D eigenvalue weighted by Crippen LogP contribution is -2.10. The van der Waals surface area contributed by atoms with Gasteiger partial charge in [-0.3, -0.25) is 4.79 Å². The summed E-state index contributed by atoms with van der Waals surface area (Å²) in [5.41, 5.74) is 1.13. The number of benzene rings is 1. The second-order valence-electron chi connectivity index (χ2n) is 3.86. The van der Waals surface area contributed by atoms with E-state index in [1.54, 1.807) is 6.07 Å². The minimum absolute atomic E-state index is 0.102. The molecule has 0 spiro atoms. The van der Waals surface area contributed by atoms with Crippen LogP contribution in [0.25, 0.3) is 10.9 Å². The summed E-state index contributed by atoms with van der Waals surface area (Å²) in [5.74, 6) is 0. The fraction of sp³-hybridized carbons (Fsp3) is 0.308. The summed E-state index contributed by atoms with van der Waals surface area (Å²) < 4.78 is 2.16. The van der Waals surface area contributed by atoms with E-state index < -0.39 is 0 Å². The van der Waals surface area contributed by atoms with E-state index in [-0.39, 0.29) is 5.43 Å². The molecular weight excluding hydrogens is 186 g/mol. The lowest BCUT2D eigenvalue weighted by Gasteiger charge is -2.16. The molecule has 15 heavy (non-hydrogen) atoms. The first-order valence-electron chi connectivity index (χ1n) is 5.34. The lowest BCUT2D eigenvalue weighted by atomic mass is 10.1. The van der Waals surface area contributed by atoms with Gasteiger partial charge in [-0.25, -0.2) is 0 Å². The molecule has 0 radical (unpaired) electrons. The van der Waals surface area contributed by atoms with Crippen molar-refractivity contribution in [2.75, 3.05) is 0 Å². The SMILES string of the molecule is CCC(C)n1ccc(=O)c2ccccc21. The Kier molecular flexibility index (Phi) is 2.58. The smallest absolute Gasteiger partial charge is 0.189 e. The highest BCUT2D eigenvalue weighted by atomic mass is 16.1. The Labute approximate surface area is 89.2 Å². The number of nitrogens with zero attached hydrogens (tertiary/aromatic N) is 1. The number of rotatable bonds is 2. The van der Waals surface area contributed by atoms with Gasteiger partial charge in [-0.2, -0.15) is 0 Å². The predicted molar refractivity (Wildman–Crippen MR) is 63.2 cm³/mol. The van der Waals surface area contributed by atoms with E-state index in [2.05, 4.69) is 18.4 Å². The van der Waals surface area contributed by atoms with E-state index in [9.17, 15) is 4.79 Å². The minimum Gasteiger partial charge on any atom is -0.344 e. The van der Waals surface area contributed by atoms with Crippen LogP contribution in [0.3, 0.4) is 0 Å². The molecule has 2 rings (SSSR count). The van der Waals surface area contributed by atoms with Crippen LogP contribution in [0.1, 0.15) is 26.3 Å². The third-order valence-corrected chi connectivity index (χ3v) is 2.90. The van der Waals surface area contributed by atoms with Gasteiger partial charge in [0.15, 0.2) is 5.43 Å². The molecule has 0 bridgehead atoms. The molecule has 0 saturated carbocycles. The summed E-state index contributed by atoms with van der Waals surface area (Å²) >= 11 is 0. The van der Waals surface area contributed by atoms with Gasteiger partial charge in [-0.05, 0) is 25.5 Å². The van der Waals surface area contributed by atoms with Crippen LogP contribution in [-0.4, -0.2) is 4.57 Å². The largest absolute Gasteiger partial charge is 0.344 e. The first-order chi connectivity index (χ1) is 7.24. The maximum Gasteiger partial charge on any atom is 0.189 e. The average Bonchev–Trinajstić information content (AvgIpc) is 2.29. The maximum atomic E-state index is 11.6. The molecule has 0 aliphatic carbocycles. The topological polar surface area (TPSA) is 22.0 Å². The van der Waals surface area contributed by atoms with Crippen molar-refractivity contribution < 1.29 is 0 Å². The summed E-state index contributed by atoms with van der Waals surface area (Å²) in [4.78, 5) is 11.6. The molecule has 2 nitrogen and oxygen atoms in total. The third kappa shape index (κ3) is 1.67. The molecule has 0 fully saturated rings. The van der Waals surface area contributed by atoms with E-state index in [0.717, 1.165) is 17.3 Å². The number of hydrogen-bond donors (Lipinski definition) is 0. The quantitative estimate of drug-likeness (QED) is 0.732. The molecule has 2 heteroatoms. The Balaban J connectivity index is 2.77. The molecule has 1 atom stereocenters. The summed E-state index contributed by atoms with van der Waals surface area (Å²) in [6.07, 6.45) is 2.95. The zero-order chi connectivity index (χ0) is 10.8. The van der Waals surface area contributed by atoms with E-state index >= 15 is 0 Å². The summed E-state index contributed by atoms with van der Waals surface area (Å²) in [6.45, 7) is 4.31. The van der Waals surface area contributed by atoms with Gasteiger partial charge in [0.1, 0.15) is 0 Å². The highest BCUT2D eigenvalue weighted by molar-refractivity contribution is 5.78. The molecule has 1 heterocycles. The molecule has 1 aromatic carbocycles. The zero-order valence-corrected chi connectivity index (χ0v) is 9.10. The Morgan fingerprint density at radius 2 is 2.00 bits per heavy atom. The van der Waals surface area contributed by atoms with Crippen molar-refractivity contribution in [3.63, 3.8) is 0 Å². The standard InChI is InChI=1S/C13H15NO/c1-3-10(2)14-9-8-13(15)11-6-4-5-7-12(11)14/h4-10H,3H2,1-2H3. The Morgan fingerprint density at radius 3 is 2.73 bits per heavy atom. The third-order valence-electron chi connectivity index (χ3n) is 2.90. The van der Waals surface area contributed by atoms with Crippen LogP contribution in [0.15, 0.2) is 41.3 Å². The van der Waals surface area contributed by atoms with Gasteiger partial charge in [0, 0.05) is 23.7 Å². The van der Waals surface area contributed by atoms with Gasteiger partial charge in [-0.1, -0.05) is 19.1 Å². The van der Waals surface area contributed by atoms with Crippen LogP contribution in [-0.2, 0) is 0 Å². The monoisotopic (exact) mass is 201 g/mol. The highest BCUT2D eigenvalue weighted by Crippen LogP contribution is 2.16. The highest BCUT2D eigenvalue weighted by Gasteiger charge is 2.05. The summed E-state index contributed by atoms with van der Waals surface area (Å²) in [5, 5.41) is 0.806. The maximum absolute atomic E-state index is 11.6. The summed E-state index contributed by atoms with van der Waals surface area (Å²) in [6, 6.07) is 9.84. The van der Waals surface area contributed by atoms with Crippen LogP contribution in [0.4, 0.5) is 0 Å².